The summed E-state index contributed by atoms with van der Waals surface area (Å²) in [5.41, 5.74) is 14.0. The number of fused-ring (bicyclic) bond motifs is 16. The molecule has 0 unspecified atom stereocenters. The molecule has 1 aliphatic heterocycles. The number of nitrogen functional groups attached to an aromatic ring is 2. The van der Waals surface area contributed by atoms with Crippen LogP contribution >= 0.6 is 68.0 Å². The van der Waals surface area contributed by atoms with E-state index in [1.807, 2.05) is 24.3 Å². The van der Waals surface area contributed by atoms with Crippen LogP contribution in [0.3, 0.4) is 0 Å². The van der Waals surface area contributed by atoms with E-state index in [4.69, 9.17) is 11.5 Å². The van der Waals surface area contributed by atoms with Gasteiger partial charge in [0.2, 0.25) is 0 Å². The molecule has 7 heterocycles. The summed E-state index contributed by atoms with van der Waals surface area (Å²) in [5.74, 6) is 24.6. The van der Waals surface area contributed by atoms with Crippen molar-refractivity contribution in [2.75, 3.05) is 11.5 Å². The Kier molecular flexibility index (Phi) is 6.60. The lowest BCUT2D eigenvalue weighted by Crippen LogP contribution is -1.82. The van der Waals surface area contributed by atoms with Gasteiger partial charge in [0.15, 0.2) is 0 Å². The molecule has 0 radical (unpaired) electrons. The molecule has 2 nitrogen and oxygen atoms in total. The van der Waals surface area contributed by atoms with E-state index in [9.17, 15) is 0 Å². The molecule has 0 fully saturated rings. The molecule has 0 atom stereocenters. The zero-order valence-electron chi connectivity index (χ0n) is 20.4. The lowest BCUT2D eigenvalue weighted by Gasteiger charge is -1.90. The molecule has 4 N–H and O–H groups in total. The van der Waals surface area contributed by atoms with Crippen LogP contribution in [0.25, 0.3) is 39.0 Å². The number of anilines is 2. The summed E-state index contributed by atoms with van der Waals surface area (Å²) < 4.78 is 0. The third-order valence-electron chi connectivity index (χ3n) is 5.77. The van der Waals surface area contributed by atoms with Crippen molar-refractivity contribution in [2.24, 2.45) is 0 Å². The highest BCUT2D eigenvalue weighted by atomic mass is 32.1. The number of nitrogens with two attached hydrogens (primary N) is 2. The molecular formula is C32H14N2S6. The molecule has 7 rings (SSSR count). The first-order chi connectivity index (χ1) is 19.6. The number of rotatable bonds is 0. The van der Waals surface area contributed by atoms with Crippen molar-refractivity contribution >= 4 is 79.4 Å². The van der Waals surface area contributed by atoms with Crippen LogP contribution in [-0.4, -0.2) is 0 Å². The Morgan fingerprint density at radius 2 is 0.725 bits per heavy atom. The average Bonchev–Trinajstić information content (AvgIpc) is 3.78. The van der Waals surface area contributed by atoms with Crippen molar-refractivity contribution < 1.29 is 0 Å². The predicted octanol–water partition coefficient (Wildman–Crippen LogP) is 9.01. The van der Waals surface area contributed by atoms with E-state index in [1.165, 1.54) is 19.5 Å². The number of hydrogen-bond acceptors (Lipinski definition) is 8. The third-order valence-corrected chi connectivity index (χ3v) is 12.9. The Bertz CT molecular complexity index is 2020. The van der Waals surface area contributed by atoms with Gasteiger partial charge in [-0.05, 0) is 108 Å². The van der Waals surface area contributed by atoms with E-state index >= 15 is 0 Å². The topological polar surface area (TPSA) is 52.0 Å². The molecule has 0 amide bonds. The van der Waals surface area contributed by atoms with E-state index in [0.717, 1.165) is 39.0 Å². The van der Waals surface area contributed by atoms with Crippen LogP contribution in [0.1, 0.15) is 19.5 Å². The van der Waals surface area contributed by atoms with Gasteiger partial charge in [0.1, 0.15) is 9.75 Å². The van der Waals surface area contributed by atoms with Crippen molar-refractivity contribution in [2.45, 2.75) is 0 Å². The van der Waals surface area contributed by atoms with Gasteiger partial charge in [-0.2, -0.15) is 0 Å². The first-order valence-corrected chi connectivity index (χ1v) is 16.7. The molecule has 40 heavy (non-hydrogen) atoms. The third kappa shape index (κ3) is 5.02. The maximum absolute atomic E-state index is 6.30. The molecule has 1 aliphatic rings. The highest BCUT2D eigenvalue weighted by Crippen LogP contribution is 2.42. The lowest BCUT2D eigenvalue weighted by molar-refractivity contribution is 1.82. The zero-order valence-corrected chi connectivity index (χ0v) is 25.3. The zero-order chi connectivity index (χ0) is 27.1. The first kappa shape index (κ1) is 25.0. The second kappa shape index (κ2) is 10.5. The second-order valence-corrected chi connectivity index (χ2v) is 14.9. The van der Waals surface area contributed by atoms with Crippen molar-refractivity contribution in [1.29, 1.82) is 0 Å². The highest BCUT2D eigenvalue weighted by molar-refractivity contribution is 7.27. The minimum absolute atomic E-state index is 0.683. The predicted molar refractivity (Wildman–Crippen MR) is 178 cm³/mol. The van der Waals surface area contributed by atoms with E-state index < -0.39 is 0 Å². The normalized spacial score (nSPS) is 11.2. The van der Waals surface area contributed by atoms with Crippen LogP contribution in [-0.2, 0) is 0 Å². The van der Waals surface area contributed by atoms with Crippen molar-refractivity contribution in [1.82, 2.24) is 0 Å². The minimum atomic E-state index is 0.683. The molecule has 0 saturated heterocycles. The monoisotopic (exact) mass is 618 g/mol. The van der Waals surface area contributed by atoms with Crippen molar-refractivity contribution in [3.05, 3.63) is 80.2 Å². The van der Waals surface area contributed by atoms with E-state index in [-0.39, 0.29) is 0 Å². The van der Waals surface area contributed by atoms with Crippen molar-refractivity contribution in [3.8, 4) is 86.4 Å². The quantitative estimate of drug-likeness (QED) is 0.167. The van der Waals surface area contributed by atoms with Crippen LogP contribution in [0.15, 0.2) is 60.7 Å². The van der Waals surface area contributed by atoms with Gasteiger partial charge >= 0.3 is 0 Å². The van der Waals surface area contributed by atoms with Crippen molar-refractivity contribution in [3.63, 3.8) is 0 Å². The van der Waals surface area contributed by atoms with Gasteiger partial charge in [-0.1, -0.05) is 0 Å². The molecule has 6 aromatic heterocycles. The Morgan fingerprint density at radius 3 is 1.18 bits per heavy atom. The summed E-state index contributed by atoms with van der Waals surface area (Å²) in [6, 6.07) is 20.9. The number of hydrogen-bond donors (Lipinski definition) is 2. The smallest absolute Gasteiger partial charge is 0.101 e. The fourth-order valence-electron chi connectivity index (χ4n) is 3.89. The Labute approximate surface area is 255 Å². The van der Waals surface area contributed by atoms with E-state index in [0.29, 0.717) is 11.4 Å². The summed E-state index contributed by atoms with van der Waals surface area (Å²) in [5, 5.41) is 0. The molecule has 0 spiro atoms. The Morgan fingerprint density at radius 1 is 0.375 bits per heavy atom. The first-order valence-electron chi connectivity index (χ1n) is 11.8. The molecule has 0 aliphatic carbocycles. The van der Waals surface area contributed by atoms with Gasteiger partial charge in [-0.3, -0.25) is 0 Å². The van der Waals surface area contributed by atoms with E-state index in [2.05, 4.69) is 83.8 Å². The van der Waals surface area contributed by atoms with Gasteiger partial charge in [-0.15, -0.1) is 68.0 Å². The lowest BCUT2D eigenvalue weighted by atomic mass is 10.3. The minimum Gasteiger partial charge on any atom is -0.397 e. The van der Waals surface area contributed by atoms with Gasteiger partial charge in [0.05, 0.1) is 21.1 Å². The highest BCUT2D eigenvalue weighted by Gasteiger charge is 2.13. The molecular weight excluding hydrogens is 605 g/mol. The van der Waals surface area contributed by atoms with Crippen LogP contribution in [0, 0.1) is 47.4 Å². The second-order valence-electron chi connectivity index (χ2n) is 8.45. The van der Waals surface area contributed by atoms with Gasteiger partial charge in [0.25, 0.3) is 0 Å². The molecule has 8 heteroatoms. The molecule has 6 aromatic rings. The van der Waals surface area contributed by atoms with Crippen LogP contribution in [0.5, 0.6) is 0 Å². The molecule has 12 bridgehead atoms. The summed E-state index contributed by atoms with van der Waals surface area (Å²) in [7, 11) is 0. The summed E-state index contributed by atoms with van der Waals surface area (Å²) in [6.45, 7) is 0. The van der Waals surface area contributed by atoms with Gasteiger partial charge < -0.3 is 11.5 Å². The van der Waals surface area contributed by atoms with Crippen LogP contribution in [0.2, 0.25) is 0 Å². The summed E-state index contributed by atoms with van der Waals surface area (Å²) >= 11 is 9.99. The van der Waals surface area contributed by atoms with Gasteiger partial charge in [0, 0.05) is 39.0 Å². The maximum Gasteiger partial charge on any atom is 0.101 e. The van der Waals surface area contributed by atoms with E-state index in [1.54, 1.807) is 68.0 Å². The Hall–Kier alpha value is -3.96. The summed E-state index contributed by atoms with van der Waals surface area (Å²) in [6.07, 6.45) is 0. The maximum atomic E-state index is 6.30. The van der Waals surface area contributed by atoms with Crippen LogP contribution in [0.4, 0.5) is 11.4 Å². The number of thiophene rings is 6. The Balaban J connectivity index is 1.29. The fraction of sp³-hybridized carbons (Fsp3) is 0. The van der Waals surface area contributed by atoms with Crippen LogP contribution < -0.4 is 11.5 Å². The van der Waals surface area contributed by atoms with Gasteiger partial charge in [-0.25, -0.2) is 0 Å². The molecule has 0 aromatic carbocycles. The average molecular weight is 619 g/mol. The fourth-order valence-corrected chi connectivity index (χ4v) is 9.83. The molecule has 0 saturated carbocycles. The summed E-state index contributed by atoms with van der Waals surface area (Å²) in [4.78, 5) is 12.9. The SMILES string of the molecule is Nc1cc2sc1C#CC#Cc1ccc(s1)-c1ccc(s1)-c1cc(N)c(s1)C#CC#Cc1ccc(s1)-c1ccc-2s1. The molecule has 188 valence electrons. The largest absolute Gasteiger partial charge is 0.397 e. The standard InChI is InChI=1S/C32H14N2S6/c33-21-17-31-29-16-14-28(40-29)26-12-10-20(36-26)6-2-4-8-24-22(34)18-32(38-24)30-15-13-27(39-30)25-11-9-19(35-25)5-1-3-7-23(21)37-31/h9-18H,33-34H2.